The molecule has 3 aliphatic carbocycles. The quantitative estimate of drug-likeness (QED) is 0.164. The van der Waals surface area contributed by atoms with Gasteiger partial charge in [-0.05, 0) is 136 Å². The van der Waals surface area contributed by atoms with Gasteiger partial charge in [0.15, 0.2) is 0 Å². The van der Waals surface area contributed by atoms with Gasteiger partial charge in [0, 0.05) is 0 Å². The lowest BCUT2D eigenvalue weighted by Crippen LogP contribution is -1.98. The molecule has 8 aromatic carbocycles. The summed E-state index contributed by atoms with van der Waals surface area (Å²) in [6.45, 7) is 0. The zero-order chi connectivity index (χ0) is 35.6. The largest absolute Gasteiger partial charge is 0.0622 e. The maximum absolute atomic E-state index is 2.51. The van der Waals surface area contributed by atoms with E-state index < -0.39 is 0 Å². The molecule has 0 aliphatic heterocycles. The summed E-state index contributed by atoms with van der Waals surface area (Å²) in [4.78, 5) is 0. The summed E-state index contributed by atoms with van der Waals surface area (Å²) >= 11 is 0. The number of allylic oxidation sites excluding steroid dienone is 5. The molecule has 0 radical (unpaired) electrons. The third-order valence-electron chi connectivity index (χ3n) is 11.7. The van der Waals surface area contributed by atoms with Crippen LogP contribution in [0.2, 0.25) is 0 Å². The van der Waals surface area contributed by atoms with Crippen LogP contribution in [0, 0.1) is 0 Å². The second-order valence-corrected chi connectivity index (χ2v) is 14.6. The fraction of sp³-hybridized carbons (Fsp3) is 0.0370. The van der Waals surface area contributed by atoms with Crippen molar-refractivity contribution in [3.8, 4) is 22.3 Å². The van der Waals surface area contributed by atoms with E-state index in [0.29, 0.717) is 0 Å². The predicted molar refractivity (Wildman–Crippen MR) is 228 cm³/mol. The first-order chi connectivity index (χ1) is 26.8. The fourth-order valence-electron chi connectivity index (χ4n) is 9.43. The Morgan fingerprint density at radius 1 is 0.241 bits per heavy atom. The van der Waals surface area contributed by atoms with Gasteiger partial charge < -0.3 is 0 Å². The van der Waals surface area contributed by atoms with Gasteiger partial charge in [0.25, 0.3) is 0 Å². The minimum atomic E-state index is 1.10. The summed E-state index contributed by atoms with van der Waals surface area (Å²) in [5, 5.41) is 2.80. The number of hydrogen-bond donors (Lipinski definition) is 0. The highest BCUT2D eigenvalue weighted by molar-refractivity contribution is 6.40. The molecule has 252 valence electrons. The second kappa shape index (κ2) is 12.4. The molecule has 0 saturated heterocycles. The normalized spacial score (nSPS) is 14.3. The molecule has 0 aromatic heterocycles. The maximum Gasteiger partial charge on any atom is -0.000137 e. The molecule has 0 N–H and O–H groups in total. The van der Waals surface area contributed by atoms with E-state index in [0.717, 1.165) is 12.8 Å². The van der Waals surface area contributed by atoms with Crippen molar-refractivity contribution in [3.05, 3.63) is 244 Å². The zero-order valence-corrected chi connectivity index (χ0v) is 29.9. The van der Waals surface area contributed by atoms with E-state index >= 15 is 0 Å². The van der Waals surface area contributed by atoms with Crippen molar-refractivity contribution in [2.75, 3.05) is 0 Å². The third-order valence-corrected chi connectivity index (χ3v) is 11.7. The Morgan fingerprint density at radius 2 is 0.648 bits per heavy atom. The molecular formula is C54H36. The SMILES string of the molecule is c1ccc(C2=C(c3ccccc3)C(c3ccc4c5c(cccc35)CC4)=C3C2=C(c2ccccc2)c2cc(-c4ccccc4)c(-c4ccccc4)cc23)cc1. The first-order valence-electron chi connectivity index (χ1n) is 19.1. The number of hydrogen-bond acceptors (Lipinski definition) is 0. The van der Waals surface area contributed by atoms with Crippen LogP contribution in [0.4, 0.5) is 0 Å². The van der Waals surface area contributed by atoms with Crippen LogP contribution < -0.4 is 0 Å². The zero-order valence-electron chi connectivity index (χ0n) is 29.9. The first-order valence-corrected chi connectivity index (χ1v) is 19.1. The maximum atomic E-state index is 2.51. The van der Waals surface area contributed by atoms with Gasteiger partial charge in [0.2, 0.25) is 0 Å². The standard InChI is InChI=1S/C54H36/c1-6-17-35(18-7-1)44-33-46-47(34-45(44)36-19-8-2-9-20-36)53-52(43-32-31-41-30-29-40-27-16-28-42(43)48(40)41)50(38-23-12-4-13-24-38)51(39-25-14-5-15-26-39)54(53)49(46)37-21-10-3-11-22-37/h1-28,31-34H,29-30H2. The molecule has 0 saturated carbocycles. The van der Waals surface area contributed by atoms with Crippen LogP contribution >= 0.6 is 0 Å². The molecule has 54 heavy (non-hydrogen) atoms. The smallest absolute Gasteiger partial charge is 0.000137 e. The van der Waals surface area contributed by atoms with Gasteiger partial charge in [-0.3, -0.25) is 0 Å². The van der Waals surface area contributed by atoms with E-state index in [1.165, 1.54) is 111 Å². The first kappa shape index (κ1) is 30.8. The predicted octanol–water partition coefficient (Wildman–Crippen LogP) is 13.6. The summed E-state index contributed by atoms with van der Waals surface area (Å²) in [7, 11) is 0. The molecule has 0 unspecified atom stereocenters. The Labute approximate surface area is 316 Å². The van der Waals surface area contributed by atoms with E-state index in [1.807, 2.05) is 0 Å². The number of rotatable bonds is 6. The molecule has 0 heteroatoms. The van der Waals surface area contributed by atoms with Crippen LogP contribution in [0.5, 0.6) is 0 Å². The summed E-state index contributed by atoms with van der Waals surface area (Å²) < 4.78 is 0. The van der Waals surface area contributed by atoms with Crippen molar-refractivity contribution in [2.45, 2.75) is 12.8 Å². The van der Waals surface area contributed by atoms with Crippen LogP contribution in [0.15, 0.2) is 200 Å². The summed E-state index contributed by atoms with van der Waals surface area (Å²) in [5.74, 6) is 0. The molecule has 0 spiro atoms. The van der Waals surface area contributed by atoms with E-state index in [1.54, 1.807) is 0 Å². The molecule has 0 fully saturated rings. The monoisotopic (exact) mass is 684 g/mol. The molecule has 8 aromatic rings. The minimum absolute atomic E-state index is 1.10. The summed E-state index contributed by atoms with van der Waals surface area (Å²) in [5.41, 5.74) is 23.3. The van der Waals surface area contributed by atoms with E-state index in [4.69, 9.17) is 0 Å². The van der Waals surface area contributed by atoms with Crippen LogP contribution in [0.1, 0.15) is 44.5 Å². The summed E-state index contributed by atoms with van der Waals surface area (Å²) in [6.07, 6.45) is 2.21. The molecule has 0 bridgehead atoms. The van der Waals surface area contributed by atoms with E-state index in [-0.39, 0.29) is 0 Å². The van der Waals surface area contributed by atoms with E-state index in [2.05, 4.69) is 194 Å². The van der Waals surface area contributed by atoms with Crippen molar-refractivity contribution < 1.29 is 0 Å². The van der Waals surface area contributed by atoms with Crippen LogP contribution in [-0.4, -0.2) is 0 Å². The molecule has 3 aliphatic rings. The average molecular weight is 685 g/mol. The lowest BCUT2D eigenvalue weighted by Gasteiger charge is -2.20. The molecule has 0 nitrogen and oxygen atoms in total. The topological polar surface area (TPSA) is 0 Å². The van der Waals surface area contributed by atoms with Gasteiger partial charge in [-0.15, -0.1) is 0 Å². The molecule has 0 amide bonds. The van der Waals surface area contributed by atoms with Gasteiger partial charge in [0.1, 0.15) is 0 Å². The van der Waals surface area contributed by atoms with Crippen molar-refractivity contribution in [1.29, 1.82) is 0 Å². The van der Waals surface area contributed by atoms with Gasteiger partial charge in [-0.1, -0.05) is 182 Å². The van der Waals surface area contributed by atoms with Gasteiger partial charge >= 0.3 is 0 Å². The second-order valence-electron chi connectivity index (χ2n) is 14.6. The Bertz CT molecular complexity index is 2840. The van der Waals surface area contributed by atoms with Gasteiger partial charge in [-0.2, -0.15) is 0 Å². The van der Waals surface area contributed by atoms with Crippen molar-refractivity contribution in [1.82, 2.24) is 0 Å². The van der Waals surface area contributed by atoms with Crippen molar-refractivity contribution in [3.63, 3.8) is 0 Å². The lowest BCUT2D eigenvalue weighted by atomic mass is 9.83. The van der Waals surface area contributed by atoms with Gasteiger partial charge in [-0.25, -0.2) is 0 Å². The Balaban J connectivity index is 1.35. The molecular weight excluding hydrogens is 649 g/mol. The Hall–Kier alpha value is -6.76. The highest BCUT2D eigenvalue weighted by atomic mass is 14.4. The van der Waals surface area contributed by atoms with Crippen molar-refractivity contribution in [2.24, 2.45) is 0 Å². The molecule has 0 atom stereocenters. The number of aryl methyl sites for hydroxylation is 2. The highest BCUT2D eigenvalue weighted by Crippen LogP contribution is 2.63. The summed E-state index contributed by atoms with van der Waals surface area (Å²) in [6, 6.07) is 72.0. The van der Waals surface area contributed by atoms with Crippen LogP contribution in [-0.2, 0) is 12.8 Å². The lowest BCUT2D eigenvalue weighted by molar-refractivity contribution is 1.02. The van der Waals surface area contributed by atoms with Crippen LogP contribution in [0.3, 0.4) is 0 Å². The third kappa shape index (κ3) is 4.70. The number of benzene rings is 8. The van der Waals surface area contributed by atoms with E-state index in [9.17, 15) is 0 Å². The highest BCUT2D eigenvalue weighted by Gasteiger charge is 2.41. The van der Waals surface area contributed by atoms with Crippen molar-refractivity contribution >= 4 is 38.6 Å². The fourth-order valence-corrected chi connectivity index (χ4v) is 9.43. The number of fused-ring (bicyclic) bond motifs is 3. The Kier molecular flexibility index (Phi) is 7.10. The average Bonchev–Trinajstić information content (AvgIpc) is 3.93. The van der Waals surface area contributed by atoms with Crippen LogP contribution in [0.25, 0.3) is 60.9 Å². The molecule has 11 rings (SSSR count). The molecule has 0 heterocycles. The van der Waals surface area contributed by atoms with Gasteiger partial charge in [0.05, 0.1) is 0 Å². The Morgan fingerprint density at radius 3 is 1.17 bits per heavy atom. The minimum Gasteiger partial charge on any atom is -0.0622 e.